The summed E-state index contributed by atoms with van der Waals surface area (Å²) < 4.78 is 27.2. The molecular weight excluding hydrogens is 258 g/mol. The number of hydrogen-bond donors (Lipinski definition) is 1. The van der Waals surface area contributed by atoms with Crippen molar-refractivity contribution < 1.29 is 8.78 Å². The molecule has 1 fully saturated rings. The van der Waals surface area contributed by atoms with Gasteiger partial charge in [0.2, 0.25) is 0 Å². The van der Waals surface area contributed by atoms with Crippen molar-refractivity contribution >= 4 is 0 Å². The van der Waals surface area contributed by atoms with Gasteiger partial charge in [0.05, 0.1) is 0 Å². The molecule has 2 nitrogen and oxygen atoms in total. The van der Waals surface area contributed by atoms with E-state index in [-0.39, 0.29) is 17.7 Å². The standard InChI is InChI=1S/C16H24F2N2/c1-11(15-10-12(17)4-9-16(15)18)20(3)14-7-5-13(19-2)6-8-14/h4,9-11,13-14,19H,5-8H2,1-3H3. The molecule has 1 unspecified atom stereocenters. The summed E-state index contributed by atoms with van der Waals surface area (Å²) in [6, 6.07) is 4.63. The molecule has 0 radical (unpaired) electrons. The van der Waals surface area contributed by atoms with Gasteiger partial charge < -0.3 is 5.32 Å². The van der Waals surface area contributed by atoms with E-state index in [1.165, 1.54) is 18.2 Å². The van der Waals surface area contributed by atoms with Gasteiger partial charge in [0.1, 0.15) is 11.6 Å². The molecule has 1 aliphatic carbocycles. The van der Waals surface area contributed by atoms with E-state index in [9.17, 15) is 8.78 Å². The summed E-state index contributed by atoms with van der Waals surface area (Å²) in [6.07, 6.45) is 4.49. The molecule has 1 aliphatic rings. The second-order valence-corrected chi connectivity index (χ2v) is 5.80. The normalized spacial score (nSPS) is 24.9. The van der Waals surface area contributed by atoms with E-state index < -0.39 is 0 Å². The van der Waals surface area contributed by atoms with Gasteiger partial charge in [-0.25, -0.2) is 8.78 Å². The van der Waals surface area contributed by atoms with Crippen LogP contribution in [0.3, 0.4) is 0 Å². The Morgan fingerprint density at radius 3 is 2.45 bits per heavy atom. The molecule has 1 aromatic carbocycles. The van der Waals surface area contributed by atoms with Crippen molar-refractivity contribution in [2.24, 2.45) is 0 Å². The van der Waals surface area contributed by atoms with Gasteiger partial charge in [-0.05, 0) is 64.9 Å². The fourth-order valence-corrected chi connectivity index (χ4v) is 3.14. The number of nitrogens with one attached hydrogen (secondary N) is 1. The van der Waals surface area contributed by atoms with E-state index in [4.69, 9.17) is 0 Å². The van der Waals surface area contributed by atoms with Crippen molar-refractivity contribution in [3.8, 4) is 0 Å². The third kappa shape index (κ3) is 3.36. The summed E-state index contributed by atoms with van der Waals surface area (Å²) in [7, 11) is 4.01. The zero-order valence-corrected chi connectivity index (χ0v) is 12.5. The second-order valence-electron chi connectivity index (χ2n) is 5.80. The fraction of sp³-hybridized carbons (Fsp3) is 0.625. The third-order valence-corrected chi connectivity index (χ3v) is 4.70. The Bertz CT molecular complexity index is 442. The number of halogens is 2. The molecule has 0 aromatic heterocycles. The van der Waals surface area contributed by atoms with Crippen molar-refractivity contribution in [1.29, 1.82) is 0 Å². The summed E-state index contributed by atoms with van der Waals surface area (Å²) in [5.74, 6) is -0.699. The number of hydrogen-bond acceptors (Lipinski definition) is 2. The van der Waals surface area contributed by atoms with Gasteiger partial charge >= 0.3 is 0 Å². The van der Waals surface area contributed by atoms with Crippen molar-refractivity contribution in [3.63, 3.8) is 0 Å². The smallest absolute Gasteiger partial charge is 0.128 e. The maximum absolute atomic E-state index is 13.9. The van der Waals surface area contributed by atoms with Crippen LogP contribution in [-0.4, -0.2) is 31.1 Å². The highest BCUT2D eigenvalue weighted by molar-refractivity contribution is 5.22. The van der Waals surface area contributed by atoms with Crippen LogP contribution in [0.4, 0.5) is 8.78 Å². The molecule has 1 N–H and O–H groups in total. The lowest BCUT2D eigenvalue weighted by Crippen LogP contribution is -2.41. The van der Waals surface area contributed by atoms with Gasteiger partial charge in [-0.15, -0.1) is 0 Å². The molecule has 1 atom stereocenters. The lowest BCUT2D eigenvalue weighted by atomic mass is 9.89. The first-order chi connectivity index (χ1) is 9.52. The summed E-state index contributed by atoms with van der Waals surface area (Å²) >= 11 is 0. The molecule has 1 saturated carbocycles. The molecule has 1 aromatic rings. The highest BCUT2D eigenvalue weighted by Crippen LogP contribution is 2.30. The van der Waals surface area contributed by atoms with Crippen LogP contribution in [0, 0.1) is 11.6 Å². The molecule has 0 heterocycles. The molecular formula is C16H24F2N2. The van der Waals surface area contributed by atoms with Crippen LogP contribution in [0.25, 0.3) is 0 Å². The minimum absolute atomic E-state index is 0.109. The van der Waals surface area contributed by atoms with Gasteiger partial charge in [-0.3, -0.25) is 4.90 Å². The molecule has 0 spiro atoms. The first kappa shape index (κ1) is 15.4. The predicted octanol–water partition coefficient (Wildman–Crippen LogP) is 3.49. The first-order valence-corrected chi connectivity index (χ1v) is 7.37. The van der Waals surface area contributed by atoms with Crippen LogP contribution >= 0.6 is 0 Å². The quantitative estimate of drug-likeness (QED) is 0.909. The zero-order chi connectivity index (χ0) is 14.7. The van der Waals surface area contributed by atoms with Gasteiger partial charge in [0.15, 0.2) is 0 Å². The SMILES string of the molecule is CNC1CCC(N(C)C(C)c2cc(F)ccc2F)CC1. The Hall–Kier alpha value is -1.00. The molecule has 112 valence electrons. The summed E-state index contributed by atoms with van der Waals surface area (Å²) in [5.41, 5.74) is 0.447. The molecule has 0 bridgehead atoms. The van der Waals surface area contributed by atoms with Crippen LogP contribution in [0.1, 0.15) is 44.2 Å². The average molecular weight is 282 g/mol. The van der Waals surface area contributed by atoms with Gasteiger partial charge in [-0.1, -0.05) is 0 Å². The van der Waals surface area contributed by atoms with E-state index in [1.807, 2.05) is 21.0 Å². The summed E-state index contributed by atoms with van der Waals surface area (Å²) in [5, 5.41) is 3.31. The van der Waals surface area contributed by atoms with Gasteiger partial charge in [0.25, 0.3) is 0 Å². The minimum Gasteiger partial charge on any atom is -0.317 e. The summed E-state index contributed by atoms with van der Waals surface area (Å²) in [4.78, 5) is 2.18. The number of rotatable bonds is 4. The topological polar surface area (TPSA) is 15.3 Å². The monoisotopic (exact) mass is 282 g/mol. The molecule has 20 heavy (non-hydrogen) atoms. The fourth-order valence-electron chi connectivity index (χ4n) is 3.14. The Labute approximate surface area is 120 Å². The Balaban J connectivity index is 2.05. The lowest BCUT2D eigenvalue weighted by molar-refractivity contribution is 0.134. The molecule has 0 saturated heterocycles. The maximum Gasteiger partial charge on any atom is 0.128 e. The van der Waals surface area contributed by atoms with E-state index in [0.29, 0.717) is 17.6 Å². The average Bonchev–Trinajstić information content (AvgIpc) is 2.48. The van der Waals surface area contributed by atoms with Crippen molar-refractivity contribution in [2.45, 2.75) is 50.7 Å². The maximum atomic E-state index is 13.9. The molecule has 4 heteroatoms. The van der Waals surface area contributed by atoms with Crippen LogP contribution < -0.4 is 5.32 Å². The highest BCUT2D eigenvalue weighted by atomic mass is 19.1. The Morgan fingerprint density at radius 2 is 1.85 bits per heavy atom. The zero-order valence-electron chi connectivity index (χ0n) is 12.5. The number of nitrogens with zero attached hydrogens (tertiary/aromatic N) is 1. The first-order valence-electron chi connectivity index (χ1n) is 7.37. The molecule has 2 rings (SSSR count). The van der Waals surface area contributed by atoms with Crippen molar-refractivity contribution in [2.75, 3.05) is 14.1 Å². The molecule has 0 amide bonds. The predicted molar refractivity (Wildman–Crippen MR) is 77.6 cm³/mol. The van der Waals surface area contributed by atoms with E-state index >= 15 is 0 Å². The largest absolute Gasteiger partial charge is 0.317 e. The summed E-state index contributed by atoms with van der Waals surface area (Å²) in [6.45, 7) is 1.95. The van der Waals surface area contributed by atoms with E-state index in [1.54, 1.807) is 0 Å². The lowest BCUT2D eigenvalue weighted by Gasteiger charge is -2.38. The minimum atomic E-state index is -0.374. The van der Waals surface area contributed by atoms with Crippen molar-refractivity contribution in [3.05, 3.63) is 35.4 Å². The van der Waals surface area contributed by atoms with E-state index in [0.717, 1.165) is 25.7 Å². The van der Waals surface area contributed by atoms with Gasteiger partial charge in [-0.2, -0.15) is 0 Å². The van der Waals surface area contributed by atoms with Crippen LogP contribution in [-0.2, 0) is 0 Å². The van der Waals surface area contributed by atoms with Crippen molar-refractivity contribution in [1.82, 2.24) is 10.2 Å². The van der Waals surface area contributed by atoms with E-state index in [2.05, 4.69) is 10.2 Å². The van der Waals surface area contributed by atoms with Crippen LogP contribution in [0.15, 0.2) is 18.2 Å². The van der Waals surface area contributed by atoms with Gasteiger partial charge in [0, 0.05) is 23.7 Å². The number of benzene rings is 1. The molecule has 0 aliphatic heterocycles. The Morgan fingerprint density at radius 1 is 1.20 bits per heavy atom. The highest BCUT2D eigenvalue weighted by Gasteiger charge is 2.27. The van der Waals surface area contributed by atoms with Crippen LogP contribution in [0.2, 0.25) is 0 Å². The van der Waals surface area contributed by atoms with Crippen LogP contribution in [0.5, 0.6) is 0 Å². The second kappa shape index (κ2) is 6.64. The third-order valence-electron chi connectivity index (χ3n) is 4.70. The Kier molecular flexibility index (Phi) is 5.11.